The van der Waals surface area contributed by atoms with Crippen molar-refractivity contribution < 1.29 is 13.2 Å². The number of carbonyl (C=O) groups is 1. The second kappa shape index (κ2) is 5.17. The molecule has 0 unspecified atom stereocenters. The molecule has 1 aromatic carbocycles. The number of hydrogen-bond donors (Lipinski definition) is 2. The maximum Gasteiger partial charge on any atom is 0.298 e. The molecule has 2 rings (SSSR count). The van der Waals surface area contributed by atoms with Crippen LogP contribution in [0.25, 0.3) is 11.1 Å². The van der Waals surface area contributed by atoms with E-state index in [1.165, 1.54) is 6.07 Å². The van der Waals surface area contributed by atoms with Gasteiger partial charge in [-0.1, -0.05) is 24.3 Å². The predicted octanol–water partition coefficient (Wildman–Crippen LogP) is 0.682. The number of benzene rings is 1. The molecule has 0 fully saturated rings. The van der Waals surface area contributed by atoms with Gasteiger partial charge in [0.25, 0.3) is 16.1 Å². The summed E-state index contributed by atoms with van der Waals surface area (Å²) in [5.74, 6) is -0.776. The summed E-state index contributed by atoms with van der Waals surface area (Å²) < 4.78 is 23.5. The van der Waals surface area contributed by atoms with E-state index in [-0.39, 0.29) is 5.56 Å². The molecule has 7 heteroatoms. The lowest BCUT2D eigenvalue weighted by molar-refractivity contribution is 0.0982. The molecule has 1 heterocycles. The van der Waals surface area contributed by atoms with Crippen LogP contribution in [-0.4, -0.2) is 19.3 Å². The van der Waals surface area contributed by atoms with Crippen LogP contribution in [0.3, 0.4) is 0 Å². The lowest BCUT2D eigenvalue weighted by Crippen LogP contribution is -2.36. The number of nitrogens with one attached hydrogen (secondary N) is 1. The third-order valence-corrected chi connectivity index (χ3v) is 2.85. The van der Waals surface area contributed by atoms with Gasteiger partial charge in [0.1, 0.15) is 0 Å². The number of nitrogens with zero attached hydrogens (tertiary/aromatic N) is 1. The Balaban J connectivity index is 2.45. The number of pyridine rings is 1. The fraction of sp³-hybridized carbons (Fsp3) is 0. The largest absolute Gasteiger partial charge is 0.298 e. The topological polar surface area (TPSA) is 102 Å². The van der Waals surface area contributed by atoms with Gasteiger partial charge in [0.15, 0.2) is 0 Å². The number of amides is 1. The van der Waals surface area contributed by atoms with Gasteiger partial charge in [-0.3, -0.25) is 9.78 Å². The number of rotatable bonds is 3. The quantitative estimate of drug-likeness (QED) is 0.861. The van der Waals surface area contributed by atoms with Crippen molar-refractivity contribution in [3.8, 4) is 11.1 Å². The average Bonchev–Trinajstić information content (AvgIpc) is 2.38. The van der Waals surface area contributed by atoms with Crippen molar-refractivity contribution >= 4 is 16.1 Å². The van der Waals surface area contributed by atoms with E-state index in [1.807, 2.05) is 0 Å². The fourth-order valence-electron chi connectivity index (χ4n) is 1.64. The van der Waals surface area contributed by atoms with Gasteiger partial charge < -0.3 is 0 Å². The molecule has 0 spiro atoms. The minimum absolute atomic E-state index is 0.213. The van der Waals surface area contributed by atoms with Gasteiger partial charge in [0.2, 0.25) is 0 Å². The standard InChI is InChI=1S/C12H11N3O3S/c13-19(17,18)15-12(16)11-6-2-1-5-10(11)9-4-3-7-14-8-9/h1-8H,(H,15,16)(H2,13,17,18). The van der Waals surface area contributed by atoms with Gasteiger partial charge >= 0.3 is 0 Å². The summed E-state index contributed by atoms with van der Waals surface area (Å²) in [4.78, 5) is 15.8. The molecule has 0 aliphatic rings. The Hall–Kier alpha value is -2.25. The summed E-state index contributed by atoms with van der Waals surface area (Å²) in [7, 11) is -4.09. The highest BCUT2D eigenvalue weighted by molar-refractivity contribution is 7.87. The zero-order chi connectivity index (χ0) is 13.9. The molecule has 1 aromatic heterocycles. The monoisotopic (exact) mass is 277 g/mol. The van der Waals surface area contributed by atoms with Crippen LogP contribution in [0, 0.1) is 0 Å². The van der Waals surface area contributed by atoms with E-state index >= 15 is 0 Å². The van der Waals surface area contributed by atoms with E-state index in [0.717, 1.165) is 0 Å². The highest BCUT2D eigenvalue weighted by Crippen LogP contribution is 2.22. The summed E-state index contributed by atoms with van der Waals surface area (Å²) in [6.45, 7) is 0. The highest BCUT2D eigenvalue weighted by Gasteiger charge is 2.15. The van der Waals surface area contributed by atoms with Gasteiger partial charge in [0.05, 0.1) is 0 Å². The molecule has 3 N–H and O–H groups in total. The van der Waals surface area contributed by atoms with E-state index in [4.69, 9.17) is 5.14 Å². The lowest BCUT2D eigenvalue weighted by Gasteiger charge is -2.08. The Morgan fingerprint density at radius 3 is 2.53 bits per heavy atom. The average molecular weight is 277 g/mol. The van der Waals surface area contributed by atoms with Crippen LogP contribution in [0.5, 0.6) is 0 Å². The van der Waals surface area contributed by atoms with Crippen molar-refractivity contribution in [2.45, 2.75) is 0 Å². The van der Waals surface area contributed by atoms with Gasteiger partial charge in [-0.2, -0.15) is 8.42 Å². The van der Waals surface area contributed by atoms with Crippen LogP contribution in [0.15, 0.2) is 48.8 Å². The highest BCUT2D eigenvalue weighted by atomic mass is 32.2. The Morgan fingerprint density at radius 2 is 1.89 bits per heavy atom. The van der Waals surface area contributed by atoms with Crippen molar-refractivity contribution in [1.82, 2.24) is 9.71 Å². The molecular formula is C12H11N3O3S. The second-order valence-electron chi connectivity index (χ2n) is 3.76. The molecule has 1 amide bonds. The van der Waals surface area contributed by atoms with E-state index in [9.17, 15) is 13.2 Å². The zero-order valence-electron chi connectivity index (χ0n) is 9.78. The summed E-state index contributed by atoms with van der Waals surface area (Å²) in [5.41, 5.74) is 1.50. The first-order valence-electron chi connectivity index (χ1n) is 5.32. The summed E-state index contributed by atoms with van der Waals surface area (Å²) in [5, 5.41) is 4.79. The van der Waals surface area contributed by atoms with E-state index in [1.54, 1.807) is 47.4 Å². The number of aromatic nitrogens is 1. The molecular weight excluding hydrogens is 266 g/mol. The summed E-state index contributed by atoms with van der Waals surface area (Å²) in [6, 6.07) is 10.1. The van der Waals surface area contributed by atoms with E-state index in [2.05, 4.69) is 4.98 Å². The number of nitrogens with two attached hydrogens (primary N) is 1. The van der Waals surface area contributed by atoms with Crippen LogP contribution in [0.2, 0.25) is 0 Å². The van der Waals surface area contributed by atoms with Crippen LogP contribution < -0.4 is 9.86 Å². The SMILES string of the molecule is NS(=O)(=O)NC(=O)c1ccccc1-c1cccnc1. The Bertz CT molecular complexity index is 699. The first kappa shape index (κ1) is 13.2. The van der Waals surface area contributed by atoms with Crippen LogP contribution >= 0.6 is 0 Å². The van der Waals surface area contributed by atoms with Gasteiger partial charge in [0, 0.05) is 23.5 Å². The second-order valence-corrected chi connectivity index (χ2v) is 5.06. The molecule has 19 heavy (non-hydrogen) atoms. The summed E-state index contributed by atoms with van der Waals surface area (Å²) in [6.07, 6.45) is 3.19. The van der Waals surface area contributed by atoms with Crippen LogP contribution in [0.1, 0.15) is 10.4 Å². The van der Waals surface area contributed by atoms with Gasteiger partial charge in [-0.15, -0.1) is 0 Å². The third kappa shape index (κ3) is 3.36. The zero-order valence-corrected chi connectivity index (χ0v) is 10.6. The van der Waals surface area contributed by atoms with Crippen molar-refractivity contribution in [2.24, 2.45) is 5.14 Å². The maximum absolute atomic E-state index is 11.9. The Morgan fingerprint density at radius 1 is 1.16 bits per heavy atom. The molecule has 0 atom stereocenters. The maximum atomic E-state index is 11.9. The van der Waals surface area contributed by atoms with Gasteiger partial charge in [-0.05, 0) is 17.7 Å². The normalized spacial score (nSPS) is 11.0. The van der Waals surface area contributed by atoms with E-state index in [0.29, 0.717) is 11.1 Å². The van der Waals surface area contributed by atoms with Crippen LogP contribution in [-0.2, 0) is 10.2 Å². The lowest BCUT2D eigenvalue weighted by atomic mass is 10.0. The number of carbonyl (C=O) groups excluding carboxylic acids is 1. The van der Waals surface area contributed by atoms with Crippen molar-refractivity contribution in [3.05, 3.63) is 54.4 Å². The van der Waals surface area contributed by atoms with E-state index < -0.39 is 16.1 Å². The molecule has 0 saturated heterocycles. The first-order chi connectivity index (χ1) is 8.97. The third-order valence-electron chi connectivity index (χ3n) is 2.38. The fourth-order valence-corrected chi connectivity index (χ4v) is 2.01. The molecule has 98 valence electrons. The minimum Gasteiger partial charge on any atom is -0.268 e. The molecule has 0 radical (unpaired) electrons. The summed E-state index contributed by atoms with van der Waals surface area (Å²) >= 11 is 0. The Labute approximate surface area is 110 Å². The molecule has 0 bridgehead atoms. The van der Waals surface area contributed by atoms with Crippen LogP contribution in [0.4, 0.5) is 0 Å². The first-order valence-corrected chi connectivity index (χ1v) is 6.86. The molecule has 2 aromatic rings. The smallest absolute Gasteiger partial charge is 0.268 e. The van der Waals surface area contributed by atoms with Crippen molar-refractivity contribution in [3.63, 3.8) is 0 Å². The molecule has 0 aliphatic heterocycles. The Kier molecular flexibility index (Phi) is 3.59. The molecule has 6 nitrogen and oxygen atoms in total. The van der Waals surface area contributed by atoms with Crippen molar-refractivity contribution in [2.75, 3.05) is 0 Å². The number of hydrogen-bond acceptors (Lipinski definition) is 4. The van der Waals surface area contributed by atoms with Crippen molar-refractivity contribution in [1.29, 1.82) is 0 Å². The predicted molar refractivity (Wildman–Crippen MR) is 70.2 cm³/mol. The molecule has 0 saturated carbocycles. The van der Waals surface area contributed by atoms with Gasteiger partial charge in [-0.25, -0.2) is 9.86 Å². The molecule has 0 aliphatic carbocycles. The minimum atomic E-state index is -4.09.